The SMILES string of the molecule is Cc1cc(C(=O)N[C@@H](C)C(=O)O)nc2[nH]c(=O)[nH]c(=O)c12. The number of hydrogen-bond donors (Lipinski definition) is 4. The maximum absolute atomic E-state index is 11.9. The van der Waals surface area contributed by atoms with E-state index in [9.17, 15) is 19.2 Å². The first kappa shape index (κ1) is 14.4. The third kappa shape index (κ3) is 2.81. The fourth-order valence-electron chi connectivity index (χ4n) is 1.80. The van der Waals surface area contributed by atoms with Crippen molar-refractivity contribution in [3.63, 3.8) is 0 Å². The molecule has 1 atom stereocenters. The highest BCUT2D eigenvalue weighted by Gasteiger charge is 2.18. The lowest BCUT2D eigenvalue weighted by molar-refractivity contribution is -0.138. The Hall–Kier alpha value is -2.97. The molecule has 21 heavy (non-hydrogen) atoms. The van der Waals surface area contributed by atoms with Crippen LogP contribution in [-0.4, -0.2) is 38.0 Å². The second kappa shape index (κ2) is 5.19. The summed E-state index contributed by atoms with van der Waals surface area (Å²) >= 11 is 0. The zero-order valence-electron chi connectivity index (χ0n) is 11.2. The Morgan fingerprint density at radius 1 is 1.33 bits per heavy atom. The first-order valence-electron chi connectivity index (χ1n) is 5.97. The highest BCUT2D eigenvalue weighted by molar-refractivity contribution is 5.97. The summed E-state index contributed by atoms with van der Waals surface area (Å²) in [5.41, 5.74) is -1.03. The van der Waals surface area contributed by atoms with E-state index >= 15 is 0 Å². The number of aryl methyl sites for hydroxylation is 1. The molecule has 2 aromatic rings. The zero-order chi connectivity index (χ0) is 15.7. The number of aromatic amines is 2. The quantitative estimate of drug-likeness (QED) is 0.578. The fourth-order valence-corrected chi connectivity index (χ4v) is 1.80. The third-order valence-electron chi connectivity index (χ3n) is 2.85. The minimum atomic E-state index is -1.19. The largest absolute Gasteiger partial charge is 0.480 e. The highest BCUT2D eigenvalue weighted by atomic mass is 16.4. The van der Waals surface area contributed by atoms with Crippen molar-refractivity contribution in [2.75, 3.05) is 0 Å². The molecule has 0 spiro atoms. The molecule has 0 aromatic carbocycles. The zero-order valence-corrected chi connectivity index (χ0v) is 11.2. The Labute approximate surface area is 117 Å². The number of aliphatic carboxylic acids is 1. The van der Waals surface area contributed by atoms with E-state index < -0.39 is 29.2 Å². The Morgan fingerprint density at radius 3 is 2.62 bits per heavy atom. The highest BCUT2D eigenvalue weighted by Crippen LogP contribution is 2.10. The Morgan fingerprint density at radius 2 is 2.00 bits per heavy atom. The van der Waals surface area contributed by atoms with E-state index in [-0.39, 0.29) is 16.7 Å². The number of H-pyrrole nitrogens is 2. The van der Waals surface area contributed by atoms with Gasteiger partial charge >= 0.3 is 11.7 Å². The molecule has 0 bridgehead atoms. The minimum Gasteiger partial charge on any atom is -0.480 e. The molecule has 9 heteroatoms. The van der Waals surface area contributed by atoms with Gasteiger partial charge in [-0.05, 0) is 25.5 Å². The van der Waals surface area contributed by atoms with Gasteiger partial charge in [0.05, 0.1) is 5.39 Å². The lowest BCUT2D eigenvalue weighted by atomic mass is 10.1. The van der Waals surface area contributed by atoms with Crippen LogP contribution in [0.2, 0.25) is 0 Å². The molecule has 2 rings (SSSR count). The predicted molar refractivity (Wildman–Crippen MR) is 72.3 cm³/mol. The van der Waals surface area contributed by atoms with Gasteiger partial charge in [-0.15, -0.1) is 0 Å². The van der Waals surface area contributed by atoms with E-state index in [1.54, 1.807) is 6.92 Å². The van der Waals surface area contributed by atoms with Gasteiger partial charge in [0, 0.05) is 0 Å². The van der Waals surface area contributed by atoms with E-state index in [2.05, 4.69) is 20.3 Å². The van der Waals surface area contributed by atoms with Gasteiger partial charge in [-0.3, -0.25) is 24.4 Å². The number of rotatable bonds is 3. The van der Waals surface area contributed by atoms with Crippen LogP contribution >= 0.6 is 0 Å². The summed E-state index contributed by atoms with van der Waals surface area (Å²) in [6.07, 6.45) is 0. The molecule has 4 N–H and O–H groups in total. The Balaban J connectivity index is 2.52. The summed E-state index contributed by atoms with van der Waals surface area (Å²) in [5, 5.41) is 11.2. The number of nitrogens with one attached hydrogen (secondary N) is 3. The van der Waals surface area contributed by atoms with E-state index in [1.807, 2.05) is 0 Å². The summed E-state index contributed by atoms with van der Waals surface area (Å²) in [5.74, 6) is -1.90. The van der Waals surface area contributed by atoms with E-state index in [0.717, 1.165) is 0 Å². The summed E-state index contributed by atoms with van der Waals surface area (Å²) in [4.78, 5) is 53.8. The van der Waals surface area contributed by atoms with E-state index in [4.69, 9.17) is 5.11 Å². The molecule has 0 radical (unpaired) electrons. The van der Waals surface area contributed by atoms with E-state index in [0.29, 0.717) is 5.56 Å². The normalized spacial score (nSPS) is 12.1. The number of pyridine rings is 1. The lowest BCUT2D eigenvalue weighted by Crippen LogP contribution is -2.38. The van der Waals surface area contributed by atoms with Crippen LogP contribution in [0.3, 0.4) is 0 Å². The lowest BCUT2D eigenvalue weighted by Gasteiger charge is -2.09. The van der Waals surface area contributed by atoms with Gasteiger partial charge in [0.25, 0.3) is 11.5 Å². The molecular formula is C12H12N4O5. The van der Waals surface area contributed by atoms with Crippen molar-refractivity contribution in [1.82, 2.24) is 20.3 Å². The molecule has 9 nitrogen and oxygen atoms in total. The van der Waals surface area contributed by atoms with Crippen LogP contribution in [0, 0.1) is 6.92 Å². The molecule has 0 fully saturated rings. The molecule has 0 aliphatic heterocycles. The Kier molecular flexibility index (Phi) is 3.57. The van der Waals surface area contributed by atoms with Crippen molar-refractivity contribution in [1.29, 1.82) is 0 Å². The average molecular weight is 292 g/mol. The smallest absolute Gasteiger partial charge is 0.327 e. The first-order chi connectivity index (χ1) is 9.79. The van der Waals surface area contributed by atoms with Crippen LogP contribution in [-0.2, 0) is 4.79 Å². The molecule has 0 aliphatic rings. The van der Waals surface area contributed by atoms with Crippen molar-refractivity contribution in [2.45, 2.75) is 19.9 Å². The third-order valence-corrected chi connectivity index (χ3v) is 2.85. The molecule has 1 amide bonds. The van der Waals surface area contributed by atoms with Gasteiger partial charge in [-0.2, -0.15) is 0 Å². The second-order valence-electron chi connectivity index (χ2n) is 4.49. The van der Waals surface area contributed by atoms with Crippen molar-refractivity contribution >= 4 is 22.9 Å². The van der Waals surface area contributed by atoms with Crippen LogP contribution in [0.1, 0.15) is 23.0 Å². The summed E-state index contributed by atoms with van der Waals surface area (Å²) < 4.78 is 0. The predicted octanol–water partition coefficient (Wildman–Crippen LogP) is -0.877. The maximum atomic E-state index is 11.9. The number of carboxylic acids is 1. The molecule has 0 aliphatic carbocycles. The monoisotopic (exact) mass is 292 g/mol. The van der Waals surface area contributed by atoms with Crippen LogP contribution in [0.4, 0.5) is 0 Å². The number of aromatic nitrogens is 3. The van der Waals surface area contributed by atoms with Crippen molar-refractivity contribution in [2.24, 2.45) is 0 Å². The van der Waals surface area contributed by atoms with Crippen molar-refractivity contribution in [3.8, 4) is 0 Å². The number of carboxylic acid groups (broad SMARTS) is 1. The molecule has 2 heterocycles. The van der Waals surface area contributed by atoms with Crippen molar-refractivity contribution in [3.05, 3.63) is 38.2 Å². The number of nitrogens with zero attached hydrogens (tertiary/aromatic N) is 1. The average Bonchev–Trinajstić information content (AvgIpc) is 2.36. The number of hydrogen-bond acceptors (Lipinski definition) is 5. The summed E-state index contributed by atoms with van der Waals surface area (Å²) in [7, 11) is 0. The van der Waals surface area contributed by atoms with E-state index in [1.165, 1.54) is 13.0 Å². The number of carbonyl (C=O) groups is 2. The summed E-state index contributed by atoms with van der Waals surface area (Å²) in [6, 6.07) is 0.258. The molecule has 0 saturated heterocycles. The summed E-state index contributed by atoms with van der Waals surface area (Å²) in [6.45, 7) is 2.88. The molecule has 0 unspecified atom stereocenters. The van der Waals surface area contributed by atoms with Crippen molar-refractivity contribution < 1.29 is 14.7 Å². The van der Waals surface area contributed by atoms with Crippen LogP contribution in [0.5, 0.6) is 0 Å². The van der Waals surface area contributed by atoms with Crippen LogP contribution < -0.4 is 16.6 Å². The van der Waals surface area contributed by atoms with Crippen LogP contribution in [0.15, 0.2) is 15.7 Å². The number of fused-ring (bicyclic) bond motifs is 1. The first-order valence-corrected chi connectivity index (χ1v) is 5.97. The second-order valence-corrected chi connectivity index (χ2v) is 4.49. The molecule has 0 saturated carbocycles. The van der Waals surface area contributed by atoms with Gasteiger partial charge in [0.15, 0.2) is 0 Å². The molecule has 2 aromatic heterocycles. The van der Waals surface area contributed by atoms with Gasteiger partial charge in [0.1, 0.15) is 17.4 Å². The topological polar surface area (TPSA) is 145 Å². The standard InChI is InChI=1S/C12H12N4O5/c1-4-3-6(9(17)13-5(2)11(19)20)14-8-7(4)10(18)16-12(21)15-8/h3,5H,1-2H3,(H,13,17)(H,19,20)(H2,14,15,16,18,21)/t5-/m0/s1. The Bertz CT molecular complexity index is 851. The number of amides is 1. The molecular weight excluding hydrogens is 280 g/mol. The minimum absolute atomic E-state index is 0.0307. The molecule has 110 valence electrons. The van der Waals surface area contributed by atoms with Gasteiger partial charge in [0.2, 0.25) is 0 Å². The number of carbonyl (C=O) groups excluding carboxylic acids is 1. The van der Waals surface area contributed by atoms with Gasteiger partial charge < -0.3 is 10.4 Å². The van der Waals surface area contributed by atoms with Gasteiger partial charge in [-0.1, -0.05) is 0 Å². The van der Waals surface area contributed by atoms with Crippen LogP contribution in [0.25, 0.3) is 11.0 Å². The van der Waals surface area contributed by atoms with Gasteiger partial charge in [-0.25, -0.2) is 9.78 Å². The maximum Gasteiger partial charge on any atom is 0.327 e. The fraction of sp³-hybridized carbons (Fsp3) is 0.250.